The molecule has 2 aromatic carbocycles. The fourth-order valence-electron chi connectivity index (χ4n) is 3.70. The lowest BCUT2D eigenvalue weighted by Crippen LogP contribution is -2.18. The van der Waals surface area contributed by atoms with Crippen molar-refractivity contribution < 1.29 is 0 Å². The first-order valence-electron chi connectivity index (χ1n) is 10.8. The average Bonchev–Trinajstić information content (AvgIpc) is 3.37. The molecule has 2 N–H and O–H groups in total. The van der Waals surface area contributed by atoms with Crippen LogP contribution in [0.3, 0.4) is 0 Å². The molecule has 0 aliphatic rings. The van der Waals surface area contributed by atoms with Gasteiger partial charge in [-0.2, -0.15) is 5.26 Å². The van der Waals surface area contributed by atoms with Gasteiger partial charge >= 0.3 is 0 Å². The Morgan fingerprint density at radius 3 is 2.49 bits per heavy atom. The van der Waals surface area contributed by atoms with Crippen LogP contribution in [0.25, 0.3) is 22.0 Å². The molecule has 0 aliphatic carbocycles. The topological polar surface area (TPSA) is 103 Å². The van der Waals surface area contributed by atoms with Crippen LogP contribution >= 0.6 is 11.6 Å². The first-order chi connectivity index (χ1) is 16.9. The van der Waals surface area contributed by atoms with E-state index in [1.54, 1.807) is 66.7 Å². The summed E-state index contributed by atoms with van der Waals surface area (Å²) < 4.78 is 3.44. The van der Waals surface area contributed by atoms with Crippen molar-refractivity contribution in [2.45, 2.75) is 6.04 Å². The van der Waals surface area contributed by atoms with E-state index in [0.29, 0.717) is 21.8 Å². The summed E-state index contributed by atoms with van der Waals surface area (Å²) >= 11 is 5.97. The maximum absolute atomic E-state index is 12.5. The van der Waals surface area contributed by atoms with Crippen molar-refractivity contribution in [1.82, 2.24) is 19.1 Å². The summed E-state index contributed by atoms with van der Waals surface area (Å²) in [7, 11) is 3.65. The van der Waals surface area contributed by atoms with Gasteiger partial charge in [-0.25, -0.2) is 4.98 Å². The van der Waals surface area contributed by atoms with E-state index in [9.17, 15) is 10.1 Å². The molecule has 7 nitrogen and oxygen atoms in total. The van der Waals surface area contributed by atoms with Gasteiger partial charge in [0, 0.05) is 43.0 Å². The molecule has 174 valence electrons. The Labute approximate surface area is 207 Å². The summed E-state index contributed by atoms with van der Waals surface area (Å²) in [5.41, 5.74) is 10.6. The van der Waals surface area contributed by atoms with Crippen molar-refractivity contribution >= 4 is 22.5 Å². The Morgan fingerprint density at radius 2 is 1.86 bits per heavy atom. The Kier molecular flexibility index (Phi) is 7.06. The number of rotatable bonds is 3. The van der Waals surface area contributed by atoms with Gasteiger partial charge in [-0.15, -0.1) is 0 Å². The maximum atomic E-state index is 12.5. The highest BCUT2D eigenvalue weighted by Crippen LogP contribution is 2.30. The molecule has 5 rings (SSSR count). The fourth-order valence-corrected chi connectivity index (χ4v) is 3.82. The van der Waals surface area contributed by atoms with E-state index in [-0.39, 0.29) is 5.56 Å². The number of aryl methyl sites for hydroxylation is 2. The van der Waals surface area contributed by atoms with Gasteiger partial charge < -0.3 is 14.9 Å². The summed E-state index contributed by atoms with van der Waals surface area (Å²) in [6.45, 7) is 0. The smallest absolute Gasteiger partial charge is 0.251 e. The number of pyridine rings is 2. The molecule has 0 saturated heterocycles. The average molecular weight is 483 g/mol. The van der Waals surface area contributed by atoms with Crippen LogP contribution in [0.4, 0.5) is 0 Å². The van der Waals surface area contributed by atoms with Crippen LogP contribution in [0.2, 0.25) is 5.02 Å². The van der Waals surface area contributed by atoms with Crippen molar-refractivity contribution in [3.05, 3.63) is 118 Å². The zero-order valence-corrected chi connectivity index (χ0v) is 20.0. The lowest BCUT2D eigenvalue weighted by atomic mass is 9.97. The molecule has 3 heterocycles. The van der Waals surface area contributed by atoms with E-state index in [1.165, 1.54) is 0 Å². The van der Waals surface area contributed by atoms with Crippen molar-refractivity contribution in [2.75, 3.05) is 0 Å². The van der Waals surface area contributed by atoms with Crippen molar-refractivity contribution in [2.24, 2.45) is 19.8 Å². The normalized spacial score (nSPS) is 11.4. The summed E-state index contributed by atoms with van der Waals surface area (Å²) in [5, 5.41) is 10.7. The molecule has 3 aromatic heterocycles. The second-order valence-corrected chi connectivity index (χ2v) is 8.47. The van der Waals surface area contributed by atoms with Crippen molar-refractivity contribution in [1.29, 1.82) is 5.26 Å². The third-order valence-corrected chi connectivity index (χ3v) is 5.89. The Hall–Kier alpha value is -4.25. The number of nitrogens with two attached hydrogens (primary N) is 1. The number of fused-ring (bicyclic) bond motifs is 1. The molecule has 5 aromatic rings. The molecule has 35 heavy (non-hydrogen) atoms. The lowest BCUT2D eigenvalue weighted by molar-refractivity contribution is 0.827. The third kappa shape index (κ3) is 5.30. The van der Waals surface area contributed by atoms with Gasteiger partial charge in [0.15, 0.2) is 0 Å². The molecule has 0 radical (unpaired) electrons. The van der Waals surface area contributed by atoms with Crippen LogP contribution in [0.5, 0.6) is 0 Å². The Morgan fingerprint density at radius 1 is 1.09 bits per heavy atom. The SMILES string of the molecule is Cn1c(=O)cc(-c2cccc(C#N)c2)c2cc(C(N)c3ccc(Cl)cc3)ncc21.Cn1ccnc1. The van der Waals surface area contributed by atoms with E-state index in [4.69, 9.17) is 17.3 Å². The zero-order chi connectivity index (χ0) is 24.9. The van der Waals surface area contributed by atoms with Crippen LogP contribution in [-0.2, 0) is 14.1 Å². The molecular formula is C27H23ClN6O. The van der Waals surface area contributed by atoms with Crippen LogP contribution in [-0.4, -0.2) is 19.1 Å². The molecule has 1 atom stereocenters. The first-order valence-corrected chi connectivity index (χ1v) is 11.2. The standard InChI is InChI=1S/C23H17ClN4O.C4H6N2/c1-28-21-13-27-20(23(26)15-5-7-17(24)8-6-15)10-19(21)18(11-22(28)29)16-4-2-3-14(9-16)12-25;1-6-3-2-5-4-6/h2-11,13,23H,26H2,1H3;2-4H,1H3. The van der Waals surface area contributed by atoms with Gasteiger partial charge in [-0.3, -0.25) is 9.78 Å². The highest BCUT2D eigenvalue weighted by molar-refractivity contribution is 6.30. The predicted molar refractivity (Wildman–Crippen MR) is 138 cm³/mol. The number of imidazole rings is 1. The molecule has 1 unspecified atom stereocenters. The molecule has 0 amide bonds. The highest BCUT2D eigenvalue weighted by atomic mass is 35.5. The van der Waals surface area contributed by atoms with Crippen LogP contribution < -0.4 is 11.3 Å². The number of hydrogen-bond acceptors (Lipinski definition) is 5. The molecular weight excluding hydrogens is 460 g/mol. The monoisotopic (exact) mass is 482 g/mol. The van der Waals surface area contributed by atoms with Gasteiger partial charge in [0.05, 0.1) is 41.4 Å². The van der Waals surface area contributed by atoms with Crippen LogP contribution in [0.1, 0.15) is 22.9 Å². The zero-order valence-electron chi connectivity index (χ0n) is 19.3. The molecule has 8 heteroatoms. The summed E-state index contributed by atoms with van der Waals surface area (Å²) in [6, 6.07) is 19.7. The summed E-state index contributed by atoms with van der Waals surface area (Å²) in [5.74, 6) is 0. The van der Waals surface area contributed by atoms with Gasteiger partial charge in [0.25, 0.3) is 5.56 Å². The van der Waals surface area contributed by atoms with E-state index in [2.05, 4.69) is 16.0 Å². The van der Waals surface area contributed by atoms with Gasteiger partial charge in [-0.05, 0) is 47.0 Å². The van der Waals surface area contributed by atoms with Crippen LogP contribution in [0, 0.1) is 11.3 Å². The van der Waals surface area contributed by atoms with E-state index < -0.39 is 6.04 Å². The molecule has 0 spiro atoms. The Balaban J connectivity index is 0.000000421. The third-order valence-electron chi connectivity index (χ3n) is 5.64. The highest BCUT2D eigenvalue weighted by Gasteiger charge is 2.15. The minimum Gasteiger partial charge on any atom is -0.341 e. The summed E-state index contributed by atoms with van der Waals surface area (Å²) in [4.78, 5) is 20.8. The second kappa shape index (κ2) is 10.3. The van der Waals surface area contributed by atoms with E-state index in [0.717, 1.165) is 22.1 Å². The lowest BCUT2D eigenvalue weighted by Gasteiger charge is -2.15. The number of nitriles is 1. The van der Waals surface area contributed by atoms with Crippen molar-refractivity contribution in [3.8, 4) is 17.2 Å². The van der Waals surface area contributed by atoms with Crippen LogP contribution in [0.15, 0.2) is 90.4 Å². The Bertz CT molecular complexity index is 1570. The van der Waals surface area contributed by atoms with Gasteiger partial charge in [0.1, 0.15) is 0 Å². The number of benzene rings is 2. The molecule has 0 fully saturated rings. The van der Waals surface area contributed by atoms with Gasteiger partial charge in [-0.1, -0.05) is 35.9 Å². The molecule has 0 aliphatic heterocycles. The van der Waals surface area contributed by atoms with E-state index >= 15 is 0 Å². The quantitative estimate of drug-likeness (QED) is 0.405. The number of aromatic nitrogens is 4. The predicted octanol–water partition coefficient (Wildman–Crippen LogP) is 4.59. The number of hydrogen-bond donors (Lipinski definition) is 1. The number of nitrogens with zero attached hydrogens (tertiary/aromatic N) is 5. The van der Waals surface area contributed by atoms with Crippen molar-refractivity contribution in [3.63, 3.8) is 0 Å². The molecule has 0 saturated carbocycles. The fraction of sp³-hybridized carbons (Fsp3) is 0.111. The second-order valence-electron chi connectivity index (χ2n) is 8.03. The summed E-state index contributed by atoms with van der Waals surface area (Å²) in [6.07, 6.45) is 7.06. The minimum atomic E-state index is -0.438. The minimum absolute atomic E-state index is 0.147. The van der Waals surface area contributed by atoms with Gasteiger partial charge in [0.2, 0.25) is 0 Å². The van der Waals surface area contributed by atoms with E-state index in [1.807, 2.05) is 42.1 Å². The maximum Gasteiger partial charge on any atom is 0.251 e. The molecule has 0 bridgehead atoms. The largest absolute Gasteiger partial charge is 0.341 e. The number of halogens is 1. The first kappa shape index (κ1) is 23.9.